The molecule has 0 aromatic heterocycles. The monoisotopic (exact) mass is 202 g/mol. The minimum absolute atomic E-state index is 0.167. The summed E-state index contributed by atoms with van der Waals surface area (Å²) < 4.78 is 5.51. The fourth-order valence-electron chi connectivity index (χ4n) is 1.56. The van der Waals surface area contributed by atoms with Crippen LogP contribution in [0.3, 0.4) is 0 Å². The van der Waals surface area contributed by atoms with E-state index in [0.717, 1.165) is 12.8 Å². The Balaban J connectivity index is 2.12. The summed E-state index contributed by atoms with van der Waals surface area (Å²) >= 11 is 0. The number of hydrogen-bond donors (Lipinski definition) is 2. The van der Waals surface area contributed by atoms with Crippen LogP contribution in [0.1, 0.15) is 19.3 Å². The van der Waals surface area contributed by atoms with Crippen LogP contribution in [0.5, 0.6) is 0 Å². The van der Waals surface area contributed by atoms with Crippen molar-refractivity contribution in [1.82, 2.24) is 4.90 Å². The number of hydrogen-bond acceptors (Lipinski definition) is 3. The SMILES string of the molecule is NC(=O)N1CCC(OCCCO)CC1. The molecular weight excluding hydrogens is 184 g/mol. The van der Waals surface area contributed by atoms with Crippen molar-refractivity contribution < 1.29 is 14.6 Å². The topological polar surface area (TPSA) is 75.8 Å². The molecule has 5 heteroatoms. The van der Waals surface area contributed by atoms with E-state index in [1.807, 2.05) is 0 Å². The molecule has 1 aliphatic rings. The number of nitrogens with two attached hydrogens (primary N) is 1. The molecule has 0 atom stereocenters. The normalized spacial score (nSPS) is 18.5. The smallest absolute Gasteiger partial charge is 0.314 e. The first-order valence-electron chi connectivity index (χ1n) is 5.01. The first-order valence-corrected chi connectivity index (χ1v) is 5.01. The molecule has 2 amide bonds. The Morgan fingerprint density at radius 2 is 2.14 bits per heavy atom. The predicted molar refractivity (Wildman–Crippen MR) is 51.8 cm³/mol. The highest BCUT2D eigenvalue weighted by atomic mass is 16.5. The molecule has 1 aliphatic heterocycles. The molecule has 0 radical (unpaired) electrons. The van der Waals surface area contributed by atoms with Gasteiger partial charge in [0.25, 0.3) is 0 Å². The van der Waals surface area contributed by atoms with E-state index >= 15 is 0 Å². The highest BCUT2D eigenvalue weighted by molar-refractivity contribution is 5.72. The van der Waals surface area contributed by atoms with Crippen LogP contribution in [0.25, 0.3) is 0 Å². The Hall–Kier alpha value is -0.810. The first kappa shape index (κ1) is 11.3. The van der Waals surface area contributed by atoms with Crippen molar-refractivity contribution in [3.8, 4) is 0 Å². The van der Waals surface area contributed by atoms with E-state index in [0.29, 0.717) is 26.1 Å². The van der Waals surface area contributed by atoms with Crippen LogP contribution in [-0.4, -0.2) is 48.4 Å². The summed E-state index contributed by atoms with van der Waals surface area (Å²) in [6, 6.07) is -0.348. The zero-order valence-electron chi connectivity index (χ0n) is 8.32. The van der Waals surface area contributed by atoms with Crippen LogP contribution in [0.4, 0.5) is 4.79 Å². The fourth-order valence-corrected chi connectivity index (χ4v) is 1.56. The summed E-state index contributed by atoms with van der Waals surface area (Å²) in [4.78, 5) is 12.4. The third kappa shape index (κ3) is 3.51. The summed E-state index contributed by atoms with van der Waals surface area (Å²) in [5.74, 6) is 0. The number of ether oxygens (including phenoxy) is 1. The summed E-state index contributed by atoms with van der Waals surface area (Å²) in [6.07, 6.45) is 2.58. The van der Waals surface area contributed by atoms with Crippen LogP contribution < -0.4 is 5.73 Å². The molecule has 1 heterocycles. The highest BCUT2D eigenvalue weighted by Gasteiger charge is 2.21. The molecule has 0 bridgehead atoms. The number of piperidine rings is 1. The van der Waals surface area contributed by atoms with Gasteiger partial charge in [-0.1, -0.05) is 0 Å². The van der Waals surface area contributed by atoms with Gasteiger partial charge in [0.2, 0.25) is 0 Å². The first-order chi connectivity index (χ1) is 6.74. The van der Waals surface area contributed by atoms with Gasteiger partial charge in [-0.3, -0.25) is 0 Å². The molecule has 0 aromatic carbocycles. The molecule has 3 N–H and O–H groups in total. The quantitative estimate of drug-likeness (QED) is 0.626. The van der Waals surface area contributed by atoms with Gasteiger partial charge in [0, 0.05) is 26.3 Å². The number of primary amides is 1. The predicted octanol–water partition coefficient (Wildman–Crippen LogP) is -0.0715. The lowest BCUT2D eigenvalue weighted by Crippen LogP contribution is -2.43. The van der Waals surface area contributed by atoms with Gasteiger partial charge in [-0.05, 0) is 19.3 Å². The number of aliphatic hydroxyl groups excluding tert-OH is 1. The summed E-state index contributed by atoms with van der Waals surface area (Å²) in [6.45, 7) is 2.12. The van der Waals surface area contributed by atoms with Gasteiger partial charge in [-0.2, -0.15) is 0 Å². The van der Waals surface area contributed by atoms with Crippen LogP contribution >= 0.6 is 0 Å². The minimum Gasteiger partial charge on any atom is -0.396 e. The minimum atomic E-state index is -0.348. The molecule has 5 nitrogen and oxygen atoms in total. The molecule has 1 saturated heterocycles. The Kier molecular flexibility index (Phi) is 4.69. The van der Waals surface area contributed by atoms with E-state index in [2.05, 4.69) is 0 Å². The van der Waals surface area contributed by atoms with Crippen molar-refractivity contribution >= 4 is 6.03 Å². The number of aliphatic hydroxyl groups is 1. The van der Waals surface area contributed by atoms with Crippen molar-refractivity contribution in [2.24, 2.45) is 5.73 Å². The van der Waals surface area contributed by atoms with Gasteiger partial charge < -0.3 is 20.5 Å². The number of likely N-dealkylation sites (tertiary alicyclic amines) is 1. The second-order valence-electron chi connectivity index (χ2n) is 3.47. The average molecular weight is 202 g/mol. The van der Waals surface area contributed by atoms with Gasteiger partial charge in [-0.15, -0.1) is 0 Å². The second-order valence-corrected chi connectivity index (χ2v) is 3.47. The maximum absolute atomic E-state index is 10.8. The number of carbonyl (C=O) groups is 1. The number of rotatable bonds is 4. The van der Waals surface area contributed by atoms with Gasteiger partial charge in [0.15, 0.2) is 0 Å². The largest absolute Gasteiger partial charge is 0.396 e. The number of urea groups is 1. The van der Waals surface area contributed by atoms with Gasteiger partial charge >= 0.3 is 6.03 Å². The Morgan fingerprint density at radius 1 is 1.50 bits per heavy atom. The number of carbonyl (C=O) groups excluding carboxylic acids is 1. The molecule has 0 unspecified atom stereocenters. The summed E-state index contributed by atoms with van der Waals surface area (Å²) in [7, 11) is 0. The zero-order valence-corrected chi connectivity index (χ0v) is 8.32. The summed E-state index contributed by atoms with van der Waals surface area (Å²) in [5.41, 5.74) is 5.15. The van der Waals surface area contributed by atoms with Crippen molar-refractivity contribution in [1.29, 1.82) is 0 Å². The van der Waals surface area contributed by atoms with Crippen molar-refractivity contribution in [3.05, 3.63) is 0 Å². The van der Waals surface area contributed by atoms with E-state index in [4.69, 9.17) is 15.6 Å². The van der Waals surface area contributed by atoms with Gasteiger partial charge in [0.1, 0.15) is 0 Å². The fraction of sp³-hybridized carbons (Fsp3) is 0.889. The van der Waals surface area contributed by atoms with E-state index in [1.54, 1.807) is 4.90 Å². The van der Waals surface area contributed by atoms with E-state index in [9.17, 15) is 4.79 Å². The molecule has 82 valence electrons. The lowest BCUT2D eigenvalue weighted by molar-refractivity contribution is 0.00979. The van der Waals surface area contributed by atoms with Crippen molar-refractivity contribution in [2.45, 2.75) is 25.4 Å². The van der Waals surface area contributed by atoms with E-state index in [1.165, 1.54) is 0 Å². The molecule has 14 heavy (non-hydrogen) atoms. The third-order valence-corrected chi connectivity index (χ3v) is 2.41. The van der Waals surface area contributed by atoms with Crippen LogP contribution in [0.15, 0.2) is 0 Å². The number of nitrogens with zero attached hydrogens (tertiary/aromatic N) is 1. The van der Waals surface area contributed by atoms with Gasteiger partial charge in [0.05, 0.1) is 6.10 Å². The van der Waals surface area contributed by atoms with Gasteiger partial charge in [-0.25, -0.2) is 4.79 Å². The molecule has 0 aliphatic carbocycles. The molecule has 0 aromatic rings. The van der Waals surface area contributed by atoms with Crippen molar-refractivity contribution in [2.75, 3.05) is 26.3 Å². The number of amides is 2. The molecule has 0 spiro atoms. The lowest BCUT2D eigenvalue weighted by atomic mass is 10.1. The molecule has 0 saturated carbocycles. The maximum atomic E-state index is 10.8. The molecule has 1 rings (SSSR count). The zero-order chi connectivity index (χ0) is 10.4. The Bertz CT molecular complexity index is 179. The maximum Gasteiger partial charge on any atom is 0.314 e. The third-order valence-electron chi connectivity index (χ3n) is 2.41. The van der Waals surface area contributed by atoms with Crippen LogP contribution in [0.2, 0.25) is 0 Å². The lowest BCUT2D eigenvalue weighted by Gasteiger charge is -2.30. The average Bonchev–Trinajstić information content (AvgIpc) is 2.19. The second kappa shape index (κ2) is 5.82. The molecule has 1 fully saturated rings. The van der Waals surface area contributed by atoms with E-state index < -0.39 is 0 Å². The highest BCUT2D eigenvalue weighted by Crippen LogP contribution is 2.13. The van der Waals surface area contributed by atoms with E-state index in [-0.39, 0.29) is 18.7 Å². The standard InChI is InChI=1S/C9H18N2O3/c10-9(13)11-4-2-8(3-5-11)14-7-1-6-12/h8,12H,1-7H2,(H2,10,13). The van der Waals surface area contributed by atoms with Crippen LogP contribution in [-0.2, 0) is 4.74 Å². The Labute approximate surface area is 83.8 Å². The van der Waals surface area contributed by atoms with Crippen LogP contribution in [0, 0.1) is 0 Å². The van der Waals surface area contributed by atoms with Crippen molar-refractivity contribution in [3.63, 3.8) is 0 Å². The molecular formula is C9H18N2O3. The summed E-state index contributed by atoms with van der Waals surface area (Å²) in [5, 5.41) is 8.56. The Morgan fingerprint density at radius 3 is 2.64 bits per heavy atom.